The minimum Gasteiger partial charge on any atom is -0.497 e. The van der Waals surface area contributed by atoms with E-state index in [-0.39, 0.29) is 12.4 Å². The summed E-state index contributed by atoms with van der Waals surface area (Å²) in [6, 6.07) is 7.94. The molecule has 1 heterocycles. The smallest absolute Gasteiger partial charge is 0.350 e. The molecule has 0 atom stereocenters. The summed E-state index contributed by atoms with van der Waals surface area (Å²) in [5, 5.41) is 2.53. The maximum absolute atomic E-state index is 12.2. The van der Waals surface area contributed by atoms with Crippen LogP contribution in [0.2, 0.25) is 0 Å². The Balaban J connectivity index is 2.05. The molecule has 0 spiro atoms. The quantitative estimate of drug-likeness (QED) is 0.818. The van der Waals surface area contributed by atoms with E-state index in [0.717, 1.165) is 4.57 Å². The van der Waals surface area contributed by atoms with Gasteiger partial charge in [0.2, 0.25) is 0 Å². The molecule has 2 rings (SSSR count). The van der Waals surface area contributed by atoms with Crippen LogP contribution in [0.4, 0.5) is 5.82 Å². The van der Waals surface area contributed by atoms with Crippen molar-refractivity contribution in [1.82, 2.24) is 9.55 Å². The summed E-state index contributed by atoms with van der Waals surface area (Å²) in [4.78, 5) is 39.7. The number of anilines is 1. The van der Waals surface area contributed by atoms with E-state index >= 15 is 0 Å². The van der Waals surface area contributed by atoms with Crippen LogP contribution in [0.1, 0.15) is 31.1 Å². The molecule has 0 saturated carbocycles. The molecule has 1 aromatic heterocycles. The number of amides is 1. The molecular formula is C18H21N3O5. The Labute approximate surface area is 150 Å². The highest BCUT2D eigenvalue weighted by Gasteiger charge is 2.17. The third-order valence-electron chi connectivity index (χ3n) is 3.19. The fraction of sp³-hybridized carbons (Fsp3) is 0.333. The third kappa shape index (κ3) is 5.44. The van der Waals surface area contributed by atoms with E-state index in [0.29, 0.717) is 11.3 Å². The number of carbonyl (C=O) groups is 2. The first kappa shape index (κ1) is 19.2. The highest BCUT2D eigenvalue weighted by molar-refractivity contribution is 6.03. The average molecular weight is 359 g/mol. The summed E-state index contributed by atoms with van der Waals surface area (Å²) in [7, 11) is 1.53. The van der Waals surface area contributed by atoms with E-state index in [4.69, 9.17) is 9.47 Å². The number of aromatic nitrogens is 2. The predicted octanol–water partition coefficient (Wildman–Crippen LogP) is 1.85. The van der Waals surface area contributed by atoms with Gasteiger partial charge in [-0.05, 0) is 51.1 Å². The third-order valence-corrected chi connectivity index (χ3v) is 3.19. The van der Waals surface area contributed by atoms with E-state index in [1.165, 1.54) is 19.4 Å². The van der Waals surface area contributed by atoms with Crippen molar-refractivity contribution in [2.45, 2.75) is 32.9 Å². The SMILES string of the molecule is COc1ccc(C(=O)Nc2ccn(CC(=O)OC(C)(C)C)c(=O)n2)cc1. The van der Waals surface area contributed by atoms with Crippen molar-refractivity contribution in [2.75, 3.05) is 12.4 Å². The Morgan fingerprint density at radius 3 is 2.35 bits per heavy atom. The maximum Gasteiger partial charge on any atom is 0.350 e. The minimum absolute atomic E-state index is 0.0938. The second-order valence-electron chi connectivity index (χ2n) is 6.49. The summed E-state index contributed by atoms with van der Waals surface area (Å²) in [5.41, 5.74) is -0.908. The molecule has 1 N–H and O–H groups in total. The summed E-state index contributed by atoms with van der Waals surface area (Å²) in [5.74, 6) is -0.235. The monoisotopic (exact) mass is 359 g/mol. The molecule has 0 bridgehead atoms. The number of nitrogens with zero attached hydrogens (tertiary/aromatic N) is 2. The van der Waals surface area contributed by atoms with Crippen molar-refractivity contribution >= 4 is 17.7 Å². The van der Waals surface area contributed by atoms with Gasteiger partial charge in [-0.3, -0.25) is 14.2 Å². The highest BCUT2D eigenvalue weighted by Crippen LogP contribution is 2.12. The van der Waals surface area contributed by atoms with Crippen molar-refractivity contribution in [3.63, 3.8) is 0 Å². The van der Waals surface area contributed by atoms with Crippen LogP contribution >= 0.6 is 0 Å². The van der Waals surface area contributed by atoms with Crippen molar-refractivity contribution < 1.29 is 19.1 Å². The lowest BCUT2D eigenvalue weighted by Gasteiger charge is -2.19. The maximum atomic E-state index is 12.2. The van der Waals surface area contributed by atoms with Crippen molar-refractivity contribution in [3.8, 4) is 5.75 Å². The number of esters is 1. The molecular weight excluding hydrogens is 338 g/mol. The van der Waals surface area contributed by atoms with Crippen LogP contribution in [-0.2, 0) is 16.1 Å². The molecule has 0 unspecified atom stereocenters. The first-order valence-electron chi connectivity index (χ1n) is 7.93. The molecule has 0 fully saturated rings. The van der Waals surface area contributed by atoms with Crippen LogP contribution in [0.3, 0.4) is 0 Å². The molecule has 0 aliphatic carbocycles. The lowest BCUT2D eigenvalue weighted by Crippen LogP contribution is -2.31. The van der Waals surface area contributed by atoms with Gasteiger partial charge in [0.15, 0.2) is 0 Å². The molecule has 2 aromatic rings. The lowest BCUT2D eigenvalue weighted by atomic mass is 10.2. The Kier molecular flexibility index (Phi) is 5.76. The van der Waals surface area contributed by atoms with Crippen LogP contribution in [-0.4, -0.2) is 34.1 Å². The van der Waals surface area contributed by atoms with E-state index in [9.17, 15) is 14.4 Å². The van der Waals surface area contributed by atoms with Crippen LogP contribution in [0, 0.1) is 0 Å². The average Bonchev–Trinajstić information content (AvgIpc) is 2.55. The molecule has 1 amide bonds. The molecule has 8 heteroatoms. The summed E-state index contributed by atoms with van der Waals surface area (Å²) < 4.78 is 11.3. The number of hydrogen-bond donors (Lipinski definition) is 1. The Morgan fingerprint density at radius 2 is 1.81 bits per heavy atom. The van der Waals surface area contributed by atoms with Gasteiger partial charge in [0.05, 0.1) is 7.11 Å². The van der Waals surface area contributed by atoms with Crippen LogP contribution < -0.4 is 15.7 Å². The molecule has 0 aliphatic rings. The summed E-state index contributed by atoms with van der Waals surface area (Å²) in [6.07, 6.45) is 1.38. The number of nitrogens with one attached hydrogen (secondary N) is 1. The zero-order valence-corrected chi connectivity index (χ0v) is 15.1. The van der Waals surface area contributed by atoms with Crippen LogP contribution in [0.25, 0.3) is 0 Å². The zero-order valence-electron chi connectivity index (χ0n) is 15.1. The largest absolute Gasteiger partial charge is 0.497 e. The molecule has 0 radical (unpaired) electrons. The van der Waals surface area contributed by atoms with Crippen molar-refractivity contribution in [3.05, 3.63) is 52.6 Å². The summed E-state index contributed by atoms with van der Waals surface area (Å²) in [6.45, 7) is 4.97. The van der Waals surface area contributed by atoms with Gasteiger partial charge in [0.1, 0.15) is 23.7 Å². The standard InChI is InChI=1S/C18H21N3O5/c1-18(2,3)26-15(22)11-21-10-9-14(20-17(21)24)19-16(23)12-5-7-13(25-4)8-6-12/h5-10H,11H2,1-4H3,(H,19,20,23,24). The Morgan fingerprint density at radius 1 is 1.15 bits per heavy atom. The minimum atomic E-state index is -0.664. The first-order chi connectivity index (χ1) is 12.2. The summed E-state index contributed by atoms with van der Waals surface area (Å²) >= 11 is 0. The van der Waals surface area contributed by atoms with Gasteiger partial charge in [-0.15, -0.1) is 0 Å². The first-order valence-corrected chi connectivity index (χ1v) is 7.93. The van der Waals surface area contributed by atoms with E-state index in [1.807, 2.05) is 0 Å². The molecule has 26 heavy (non-hydrogen) atoms. The van der Waals surface area contributed by atoms with Gasteiger partial charge >= 0.3 is 11.7 Å². The second kappa shape index (κ2) is 7.81. The normalized spacial score (nSPS) is 10.9. The van der Waals surface area contributed by atoms with Crippen molar-refractivity contribution in [1.29, 1.82) is 0 Å². The number of benzene rings is 1. The van der Waals surface area contributed by atoms with Crippen LogP contribution in [0.5, 0.6) is 5.75 Å². The highest BCUT2D eigenvalue weighted by atomic mass is 16.6. The molecule has 0 saturated heterocycles. The van der Waals surface area contributed by atoms with Gasteiger partial charge in [0.25, 0.3) is 5.91 Å². The second-order valence-corrected chi connectivity index (χ2v) is 6.49. The van der Waals surface area contributed by atoms with E-state index in [1.54, 1.807) is 45.0 Å². The molecule has 0 aliphatic heterocycles. The Hall–Kier alpha value is -3.16. The molecule has 1 aromatic carbocycles. The van der Waals surface area contributed by atoms with Crippen LogP contribution in [0.15, 0.2) is 41.3 Å². The van der Waals surface area contributed by atoms with E-state index < -0.39 is 23.2 Å². The fourth-order valence-corrected chi connectivity index (χ4v) is 2.06. The number of carbonyl (C=O) groups excluding carboxylic acids is 2. The van der Waals surface area contributed by atoms with Gasteiger partial charge in [0, 0.05) is 11.8 Å². The fourth-order valence-electron chi connectivity index (χ4n) is 2.06. The number of hydrogen-bond acceptors (Lipinski definition) is 6. The van der Waals surface area contributed by atoms with Gasteiger partial charge < -0.3 is 14.8 Å². The number of methoxy groups -OCH3 is 1. The number of rotatable bonds is 5. The van der Waals surface area contributed by atoms with Gasteiger partial charge in [-0.1, -0.05) is 0 Å². The molecule has 138 valence electrons. The zero-order chi connectivity index (χ0) is 19.3. The topological polar surface area (TPSA) is 99.5 Å². The Bertz CT molecular complexity index is 850. The van der Waals surface area contributed by atoms with Crippen molar-refractivity contribution in [2.24, 2.45) is 0 Å². The lowest BCUT2D eigenvalue weighted by molar-refractivity contribution is -0.155. The van der Waals surface area contributed by atoms with Gasteiger partial charge in [-0.25, -0.2) is 4.79 Å². The van der Waals surface area contributed by atoms with Gasteiger partial charge in [-0.2, -0.15) is 4.98 Å². The number of ether oxygens (including phenoxy) is 2. The predicted molar refractivity (Wildman–Crippen MR) is 95.3 cm³/mol. The molecule has 8 nitrogen and oxygen atoms in total. The van der Waals surface area contributed by atoms with E-state index in [2.05, 4.69) is 10.3 Å².